The number of halogens is 2. The maximum absolute atomic E-state index is 2.64. The van der Waals surface area contributed by atoms with E-state index >= 15 is 0 Å². The zero-order valence-corrected chi connectivity index (χ0v) is 22.8. The summed E-state index contributed by atoms with van der Waals surface area (Å²) in [6.45, 7) is 16.7. The summed E-state index contributed by atoms with van der Waals surface area (Å²) in [7, 11) is -0.893. The van der Waals surface area contributed by atoms with E-state index in [0.717, 1.165) is 5.92 Å². The quantitative estimate of drug-likeness (QED) is 0.475. The van der Waals surface area contributed by atoms with Gasteiger partial charge in [0.25, 0.3) is 0 Å². The van der Waals surface area contributed by atoms with E-state index in [1.54, 1.807) is 22.3 Å². The molecule has 0 N–H and O–H groups in total. The number of hydrogen-bond donors (Lipinski definition) is 0. The summed E-state index contributed by atoms with van der Waals surface area (Å²) >= 11 is -1.61. The Balaban J connectivity index is 0.00000264. The van der Waals surface area contributed by atoms with Crippen molar-refractivity contribution in [1.82, 2.24) is 0 Å². The Hall–Kier alpha value is 0.966. The monoisotopic (exact) mass is 506 g/mol. The zero-order valence-electron chi connectivity index (χ0n) is 16.7. The fourth-order valence-electron chi connectivity index (χ4n) is 3.78. The van der Waals surface area contributed by atoms with Gasteiger partial charge in [-0.2, -0.15) is 0 Å². The van der Waals surface area contributed by atoms with Gasteiger partial charge in [0.2, 0.25) is 0 Å². The molecule has 0 aromatic carbocycles. The Labute approximate surface area is 170 Å². The van der Waals surface area contributed by atoms with E-state index in [-0.39, 0.29) is 24.8 Å². The average Bonchev–Trinajstić information content (AvgIpc) is 2.85. The first-order chi connectivity index (χ1) is 10.0. The maximum Gasteiger partial charge on any atom is -1.00 e. The van der Waals surface area contributed by atoms with Crippen molar-refractivity contribution in [3.63, 3.8) is 0 Å². The molecule has 0 aliphatic heterocycles. The molecule has 0 aromatic heterocycles. The second kappa shape index (κ2) is 9.25. The Bertz CT molecular complexity index is 666. The molecule has 0 heterocycles. The fourth-order valence-corrected chi connectivity index (χ4v) is 35.0. The van der Waals surface area contributed by atoms with Crippen LogP contribution in [0.3, 0.4) is 0 Å². The van der Waals surface area contributed by atoms with Crippen LogP contribution in [0.1, 0.15) is 54.9 Å². The predicted molar refractivity (Wildman–Crippen MR) is 98.0 cm³/mol. The van der Waals surface area contributed by atoms with Gasteiger partial charge in [0.05, 0.1) is 0 Å². The number of rotatable bonds is 2. The first-order valence-corrected chi connectivity index (χ1v) is 22.6. The van der Waals surface area contributed by atoms with Gasteiger partial charge in [-0.1, -0.05) is 0 Å². The smallest absolute Gasteiger partial charge is 1.00 e. The van der Waals surface area contributed by atoms with Crippen LogP contribution in [-0.2, 0) is 18.6 Å². The van der Waals surface area contributed by atoms with E-state index in [1.165, 1.54) is 6.42 Å². The van der Waals surface area contributed by atoms with Crippen LogP contribution in [0.25, 0.3) is 0 Å². The number of allylic oxidation sites excluding steroid dienone is 8. The van der Waals surface area contributed by atoms with Gasteiger partial charge in [-0.3, -0.25) is 0 Å². The summed E-state index contributed by atoms with van der Waals surface area (Å²) in [4.78, 5) is 0. The average molecular weight is 507 g/mol. The van der Waals surface area contributed by atoms with Crippen LogP contribution in [0.15, 0.2) is 41.0 Å². The van der Waals surface area contributed by atoms with Gasteiger partial charge < -0.3 is 24.8 Å². The van der Waals surface area contributed by atoms with E-state index in [9.17, 15) is 0 Å². The molecule has 0 saturated carbocycles. The summed E-state index contributed by atoms with van der Waals surface area (Å²) in [5.41, 5.74) is 6.87. The van der Waals surface area contributed by atoms with Crippen molar-refractivity contribution < 1.29 is 43.4 Å². The first-order valence-electron chi connectivity index (χ1n) is 8.52. The van der Waals surface area contributed by atoms with Crippen LogP contribution in [0.5, 0.6) is 0 Å². The molecule has 134 valence electrons. The molecule has 0 fully saturated rings. The Morgan fingerprint density at radius 1 is 1.08 bits per heavy atom. The predicted octanol–water partition coefficient (Wildman–Crippen LogP) is 0.384. The van der Waals surface area contributed by atoms with Crippen LogP contribution in [0.4, 0.5) is 0 Å². The largest absolute Gasteiger partial charge is 1.00 e. The minimum Gasteiger partial charge on any atom is -1.00 e. The molecular formula is C20H32Cl2GeZr. The second-order valence-electron chi connectivity index (χ2n) is 8.31. The van der Waals surface area contributed by atoms with Crippen molar-refractivity contribution in [3.05, 3.63) is 41.0 Å². The third kappa shape index (κ3) is 5.02. The van der Waals surface area contributed by atoms with Crippen molar-refractivity contribution in [2.24, 2.45) is 11.3 Å². The van der Waals surface area contributed by atoms with Gasteiger partial charge in [-0.15, -0.1) is 0 Å². The molecule has 2 aliphatic rings. The fraction of sp³-hybridized carbons (Fsp3) is 0.600. The normalized spacial score (nSPS) is 20.1. The molecule has 0 amide bonds. The minimum absolute atomic E-state index is 0. The molecule has 4 heteroatoms. The van der Waals surface area contributed by atoms with Gasteiger partial charge in [-0.25, -0.2) is 0 Å². The second-order valence-corrected chi connectivity index (χ2v) is 36.1. The molecule has 2 rings (SSSR count). The van der Waals surface area contributed by atoms with Crippen LogP contribution in [0, 0.1) is 11.3 Å². The molecule has 1 atom stereocenters. The first kappa shape index (κ1) is 25.0. The molecule has 24 heavy (non-hydrogen) atoms. The van der Waals surface area contributed by atoms with Gasteiger partial charge >= 0.3 is 147 Å². The third-order valence-corrected chi connectivity index (χ3v) is 33.4. The van der Waals surface area contributed by atoms with Crippen molar-refractivity contribution in [2.45, 2.75) is 66.4 Å². The van der Waals surface area contributed by atoms with Gasteiger partial charge in [0, 0.05) is 0 Å². The molecule has 0 saturated heterocycles. The van der Waals surface area contributed by atoms with Crippen LogP contribution >= 0.6 is 0 Å². The van der Waals surface area contributed by atoms with Gasteiger partial charge in [-0.05, 0) is 0 Å². The van der Waals surface area contributed by atoms with Gasteiger partial charge in [0.15, 0.2) is 0 Å². The summed E-state index contributed by atoms with van der Waals surface area (Å²) in [6.07, 6.45) is 6.35. The third-order valence-electron chi connectivity index (χ3n) is 5.22. The van der Waals surface area contributed by atoms with Crippen molar-refractivity contribution in [1.29, 1.82) is 0 Å². The Morgan fingerprint density at radius 2 is 1.62 bits per heavy atom. The molecule has 0 aromatic rings. The standard InChI is InChI=1S/C10H15.C8H11.C2H6Ge.2ClH.Zr/c1-8-5-6-9(7-8)10(2,3)4;1-6-4-7(2)8(3)5-6;1-3-2;;;/h7H,6H2,1-4H3;4,6H,1-3H3;1-2H3;2*1H;/q;;;;;+2/p-2. The molecule has 2 aliphatic carbocycles. The Kier molecular flexibility index (Phi) is 9.62. The summed E-state index contributed by atoms with van der Waals surface area (Å²) in [6, 6.07) is 0. The molecule has 0 bridgehead atoms. The van der Waals surface area contributed by atoms with Crippen LogP contribution in [-0.4, -0.2) is 9.98 Å². The number of hydrogen-bond acceptors (Lipinski definition) is 0. The summed E-state index contributed by atoms with van der Waals surface area (Å²) < 4.78 is 3.88. The van der Waals surface area contributed by atoms with E-state index in [0.29, 0.717) is 5.41 Å². The Morgan fingerprint density at radius 3 is 1.96 bits per heavy atom. The summed E-state index contributed by atoms with van der Waals surface area (Å²) in [5, 5.41) is 0. The topological polar surface area (TPSA) is 0 Å². The van der Waals surface area contributed by atoms with E-state index in [2.05, 4.69) is 72.1 Å². The minimum atomic E-state index is -1.61. The maximum atomic E-state index is 2.64. The van der Waals surface area contributed by atoms with Crippen molar-refractivity contribution >= 4 is 9.98 Å². The molecule has 0 nitrogen and oxygen atoms in total. The molecule has 0 spiro atoms. The van der Waals surface area contributed by atoms with Gasteiger partial charge in [0.1, 0.15) is 0 Å². The SMILES string of the molecule is CC1=CC(C)[C]([Zr+2]([C]2=C(C)C=C(C(C)(C)C)C2)=[Ge]([CH3])[CH3])=C1C.[Cl-].[Cl-]. The summed E-state index contributed by atoms with van der Waals surface area (Å²) in [5.74, 6) is 6.01. The van der Waals surface area contributed by atoms with E-state index < -0.39 is 28.6 Å². The van der Waals surface area contributed by atoms with Crippen LogP contribution in [0.2, 0.25) is 11.5 Å². The van der Waals surface area contributed by atoms with E-state index in [4.69, 9.17) is 0 Å². The van der Waals surface area contributed by atoms with Crippen molar-refractivity contribution in [3.8, 4) is 0 Å². The molecular weight excluding hydrogens is 475 g/mol. The van der Waals surface area contributed by atoms with E-state index in [1.807, 2.05) is 6.56 Å². The molecule has 0 radical (unpaired) electrons. The van der Waals surface area contributed by atoms with Crippen LogP contribution < -0.4 is 24.8 Å². The molecule has 1 unspecified atom stereocenters. The van der Waals surface area contributed by atoms with Crippen molar-refractivity contribution in [2.75, 3.05) is 0 Å². The zero-order chi connectivity index (χ0) is 16.8.